The van der Waals surface area contributed by atoms with Gasteiger partial charge in [-0.3, -0.25) is 19.3 Å². The monoisotopic (exact) mass is 528 g/mol. The van der Waals surface area contributed by atoms with Crippen LogP contribution in [0.2, 0.25) is 10.0 Å². The van der Waals surface area contributed by atoms with Crippen LogP contribution in [0.4, 0.5) is 0 Å². The van der Waals surface area contributed by atoms with E-state index < -0.39 is 6.04 Å². The zero-order chi connectivity index (χ0) is 24.4. The fourth-order valence-corrected chi connectivity index (χ4v) is 5.36. The van der Waals surface area contributed by atoms with E-state index in [0.29, 0.717) is 38.9 Å². The van der Waals surface area contributed by atoms with Crippen LogP contribution in [-0.4, -0.2) is 58.2 Å². The van der Waals surface area contributed by atoms with Gasteiger partial charge in [0.25, 0.3) is 0 Å². The lowest BCUT2D eigenvalue weighted by Crippen LogP contribution is -2.20. The summed E-state index contributed by atoms with van der Waals surface area (Å²) in [6.07, 6.45) is 0.590. The van der Waals surface area contributed by atoms with E-state index in [2.05, 4.69) is 20.5 Å². The fourth-order valence-electron chi connectivity index (χ4n) is 4.09. The lowest BCUT2D eigenvalue weighted by Gasteiger charge is -2.14. The van der Waals surface area contributed by atoms with Gasteiger partial charge in [-0.2, -0.15) is 0 Å². The molecule has 0 bridgehead atoms. The molecule has 0 unspecified atom stereocenters. The normalized spacial score (nSPS) is 16.5. The molecule has 1 aromatic heterocycles. The van der Waals surface area contributed by atoms with Crippen molar-refractivity contribution in [1.82, 2.24) is 20.1 Å². The van der Waals surface area contributed by atoms with E-state index in [0.717, 1.165) is 35.7 Å². The van der Waals surface area contributed by atoms with Crippen molar-refractivity contribution in [3.63, 3.8) is 0 Å². The van der Waals surface area contributed by atoms with Gasteiger partial charge in [-0.1, -0.05) is 53.2 Å². The highest BCUT2D eigenvalue weighted by molar-refractivity contribution is 7.99. The molecule has 2 aromatic carbocycles. The van der Waals surface area contributed by atoms with Crippen molar-refractivity contribution in [2.75, 3.05) is 26.0 Å². The summed E-state index contributed by atoms with van der Waals surface area (Å²) in [6, 6.07) is 12.7. The molecule has 0 radical (unpaired) electrons. The van der Waals surface area contributed by atoms with E-state index in [1.54, 1.807) is 11.8 Å². The van der Waals surface area contributed by atoms with Gasteiger partial charge in [0.15, 0.2) is 11.0 Å². The van der Waals surface area contributed by atoms with E-state index in [-0.39, 0.29) is 12.4 Å². The Labute approximate surface area is 216 Å². The Morgan fingerprint density at radius 2 is 2.06 bits per heavy atom. The highest BCUT2D eigenvalue weighted by atomic mass is 35.5. The number of nitrogens with one attached hydrogen (secondary N) is 1. The summed E-state index contributed by atoms with van der Waals surface area (Å²) in [5, 5.41) is 14.1. The van der Waals surface area contributed by atoms with Gasteiger partial charge in [0, 0.05) is 34.1 Å². The SMILES string of the molecule is COC(=O)CC[C@@H]1N=C(c2ccccc2Cl)c2cc(Cl)ccc2-n2c(SCC3=NCCN3)nnc21. The van der Waals surface area contributed by atoms with Gasteiger partial charge in [0.1, 0.15) is 11.9 Å². The topological polar surface area (TPSA) is 93.8 Å². The molecule has 180 valence electrons. The molecule has 3 aromatic rings. The average Bonchev–Trinajstić information content (AvgIpc) is 3.51. The van der Waals surface area contributed by atoms with Gasteiger partial charge in [-0.05, 0) is 30.7 Å². The van der Waals surface area contributed by atoms with Crippen molar-refractivity contribution in [2.45, 2.75) is 24.0 Å². The zero-order valence-electron chi connectivity index (χ0n) is 18.9. The van der Waals surface area contributed by atoms with Gasteiger partial charge >= 0.3 is 5.97 Å². The van der Waals surface area contributed by atoms with Crippen molar-refractivity contribution in [2.24, 2.45) is 9.98 Å². The maximum absolute atomic E-state index is 12.0. The highest BCUT2D eigenvalue weighted by Gasteiger charge is 2.30. The summed E-state index contributed by atoms with van der Waals surface area (Å²) in [7, 11) is 1.38. The van der Waals surface area contributed by atoms with Gasteiger partial charge in [0.05, 0.1) is 30.8 Å². The highest BCUT2D eigenvalue weighted by Crippen LogP contribution is 2.37. The smallest absolute Gasteiger partial charge is 0.305 e. The minimum absolute atomic E-state index is 0.188. The first-order valence-electron chi connectivity index (χ1n) is 11.1. The van der Waals surface area contributed by atoms with Crippen molar-refractivity contribution in [1.29, 1.82) is 0 Å². The molecule has 0 saturated carbocycles. The van der Waals surface area contributed by atoms with E-state index in [1.165, 1.54) is 7.11 Å². The summed E-state index contributed by atoms with van der Waals surface area (Å²) in [6.45, 7) is 1.62. The van der Waals surface area contributed by atoms with Crippen LogP contribution in [0.25, 0.3) is 5.69 Å². The van der Waals surface area contributed by atoms with Crippen LogP contribution in [0, 0.1) is 0 Å². The maximum atomic E-state index is 12.0. The van der Waals surface area contributed by atoms with Crippen LogP contribution in [0.1, 0.15) is 35.8 Å². The van der Waals surface area contributed by atoms with Crippen LogP contribution in [0.5, 0.6) is 0 Å². The summed E-state index contributed by atoms with van der Waals surface area (Å²) < 4.78 is 6.88. The Balaban J connectivity index is 1.65. The molecule has 35 heavy (non-hydrogen) atoms. The molecule has 8 nitrogen and oxygen atoms in total. The lowest BCUT2D eigenvalue weighted by atomic mass is 10.00. The Morgan fingerprint density at radius 3 is 2.83 bits per heavy atom. The minimum Gasteiger partial charge on any atom is -0.469 e. The van der Waals surface area contributed by atoms with Crippen LogP contribution < -0.4 is 5.32 Å². The van der Waals surface area contributed by atoms with E-state index in [4.69, 9.17) is 32.9 Å². The number of aromatic nitrogens is 3. The summed E-state index contributed by atoms with van der Waals surface area (Å²) in [5.74, 6) is 1.91. The molecule has 0 fully saturated rings. The van der Waals surface area contributed by atoms with Gasteiger partial charge in [-0.25, -0.2) is 0 Å². The number of thioether (sulfide) groups is 1. The predicted molar refractivity (Wildman–Crippen MR) is 138 cm³/mol. The van der Waals surface area contributed by atoms with Crippen molar-refractivity contribution in [3.05, 3.63) is 69.5 Å². The molecule has 0 saturated heterocycles. The number of hydrogen-bond acceptors (Lipinski definition) is 8. The number of ether oxygens (including phenoxy) is 1. The molecular formula is C24H22Cl2N6O2S. The standard InChI is InChI=1S/C24H22Cl2N6O2S/c1-34-21(33)9-7-18-23-30-31-24(35-13-20-27-10-11-28-20)32(23)19-8-6-14(25)12-16(19)22(29-18)15-4-2-3-5-17(15)26/h2-6,8,12,18H,7,9-11,13H2,1H3,(H,27,28)/t18-/m0/s1. The minimum atomic E-state index is -0.449. The number of methoxy groups -OCH3 is 1. The maximum Gasteiger partial charge on any atom is 0.305 e. The van der Waals surface area contributed by atoms with E-state index in [1.807, 2.05) is 47.0 Å². The number of halogens is 2. The molecule has 0 spiro atoms. The van der Waals surface area contributed by atoms with Crippen LogP contribution in [0.3, 0.4) is 0 Å². The molecule has 2 aliphatic rings. The van der Waals surface area contributed by atoms with E-state index >= 15 is 0 Å². The van der Waals surface area contributed by atoms with Crippen molar-refractivity contribution < 1.29 is 9.53 Å². The summed E-state index contributed by atoms with van der Waals surface area (Å²) >= 11 is 14.6. The van der Waals surface area contributed by atoms with Crippen molar-refractivity contribution >= 4 is 52.5 Å². The Bertz CT molecular complexity index is 1340. The second-order valence-electron chi connectivity index (χ2n) is 7.97. The number of nitrogens with zero attached hydrogens (tertiary/aromatic N) is 5. The lowest BCUT2D eigenvalue weighted by molar-refractivity contribution is -0.140. The predicted octanol–water partition coefficient (Wildman–Crippen LogP) is 4.51. The van der Waals surface area contributed by atoms with E-state index in [9.17, 15) is 4.79 Å². The second kappa shape index (κ2) is 10.4. The first-order chi connectivity index (χ1) is 17.0. The van der Waals surface area contributed by atoms with Gasteiger partial charge < -0.3 is 10.1 Å². The average molecular weight is 529 g/mol. The number of benzene rings is 2. The van der Waals surface area contributed by atoms with Crippen LogP contribution in [0.15, 0.2) is 57.6 Å². The number of amidine groups is 1. The largest absolute Gasteiger partial charge is 0.469 e. The number of carbonyl (C=O) groups is 1. The Morgan fingerprint density at radius 1 is 1.20 bits per heavy atom. The third kappa shape index (κ3) is 4.94. The molecule has 0 aliphatic carbocycles. The first-order valence-corrected chi connectivity index (χ1v) is 12.8. The fraction of sp³-hybridized carbons (Fsp3) is 0.292. The molecular weight excluding hydrogens is 507 g/mol. The second-order valence-corrected chi connectivity index (χ2v) is 9.76. The molecule has 1 N–H and O–H groups in total. The Hall–Kier alpha value is -2.88. The molecule has 2 aliphatic heterocycles. The summed E-state index contributed by atoms with van der Waals surface area (Å²) in [4.78, 5) is 21.6. The molecule has 0 amide bonds. The molecule has 1 atom stereocenters. The third-order valence-corrected chi connectivity index (χ3v) is 7.26. The third-order valence-electron chi connectivity index (χ3n) is 5.76. The zero-order valence-corrected chi connectivity index (χ0v) is 21.2. The number of carbonyl (C=O) groups excluding carboxylic acids is 1. The van der Waals surface area contributed by atoms with Crippen LogP contribution in [-0.2, 0) is 9.53 Å². The van der Waals surface area contributed by atoms with Gasteiger partial charge in [0.2, 0.25) is 0 Å². The molecule has 11 heteroatoms. The number of hydrogen-bond donors (Lipinski definition) is 1. The number of fused-ring (bicyclic) bond motifs is 3. The van der Waals surface area contributed by atoms with Crippen molar-refractivity contribution in [3.8, 4) is 5.69 Å². The number of rotatable bonds is 7. The quantitative estimate of drug-likeness (QED) is 0.358. The first kappa shape index (κ1) is 23.8. The summed E-state index contributed by atoms with van der Waals surface area (Å²) in [5.41, 5.74) is 3.12. The molecule has 3 heterocycles. The number of esters is 1. The van der Waals surface area contributed by atoms with Crippen LogP contribution >= 0.6 is 35.0 Å². The molecule has 5 rings (SSSR count). The van der Waals surface area contributed by atoms with Gasteiger partial charge in [-0.15, -0.1) is 10.2 Å². The number of aliphatic imine (C=N–C) groups is 2. The Kier molecular flexibility index (Phi) is 7.08.